The topological polar surface area (TPSA) is 92.5 Å². The number of carbonyl (C=O) groups excluding carboxylic acids is 1. The number of amides is 1. The Morgan fingerprint density at radius 3 is 2.75 bits per heavy atom. The molecule has 0 saturated heterocycles. The Morgan fingerprint density at radius 1 is 1.40 bits per heavy atom. The van der Waals surface area contributed by atoms with E-state index in [4.69, 9.17) is 11.6 Å². The van der Waals surface area contributed by atoms with Crippen LogP contribution in [-0.4, -0.2) is 28.1 Å². The molecule has 1 aliphatic rings. The highest BCUT2D eigenvalue weighted by Crippen LogP contribution is 2.27. The van der Waals surface area contributed by atoms with E-state index in [1.807, 2.05) is 0 Å². The number of halogens is 1. The van der Waals surface area contributed by atoms with Crippen LogP contribution in [0.25, 0.3) is 0 Å². The first kappa shape index (κ1) is 14.7. The largest absolute Gasteiger partial charge is 0.391 e. The van der Waals surface area contributed by atoms with Crippen molar-refractivity contribution in [3.8, 4) is 0 Å². The molecule has 0 unspecified atom stereocenters. The molecule has 108 valence electrons. The molecular weight excluding hydrogens is 284 g/mol. The minimum absolute atomic E-state index is 0.0296. The summed E-state index contributed by atoms with van der Waals surface area (Å²) in [5.74, 6) is -0.617. The fourth-order valence-corrected chi connectivity index (χ4v) is 2.67. The monoisotopic (exact) mass is 298 g/mol. The highest BCUT2D eigenvalue weighted by atomic mass is 35.5. The second-order valence-corrected chi connectivity index (χ2v) is 5.23. The molecule has 0 radical (unpaired) electrons. The molecule has 0 spiro atoms. The molecule has 2 atom stereocenters. The summed E-state index contributed by atoms with van der Waals surface area (Å²) in [6, 6.07) is 3.71. The Bertz CT molecular complexity index is 535. The Hall–Kier alpha value is -1.66. The maximum atomic E-state index is 12.2. The summed E-state index contributed by atoms with van der Waals surface area (Å²) in [6.07, 6.45) is 2.49. The van der Waals surface area contributed by atoms with Gasteiger partial charge in [0.2, 0.25) is 0 Å². The Balaban J connectivity index is 2.23. The second-order valence-electron chi connectivity index (χ2n) is 4.82. The van der Waals surface area contributed by atoms with Crippen LogP contribution in [-0.2, 0) is 0 Å². The molecule has 0 aliphatic heterocycles. The third kappa shape index (κ3) is 3.08. The quantitative estimate of drug-likeness (QED) is 0.661. The minimum Gasteiger partial charge on any atom is -0.391 e. The summed E-state index contributed by atoms with van der Waals surface area (Å²) < 4.78 is 0. The lowest BCUT2D eigenvalue weighted by Crippen LogP contribution is -2.45. The number of nitrogens with one attached hydrogen (secondary N) is 1. The van der Waals surface area contributed by atoms with E-state index >= 15 is 0 Å². The molecular formula is C13H15ClN2O4. The number of carbonyl (C=O) groups is 1. The Morgan fingerprint density at radius 2 is 2.10 bits per heavy atom. The van der Waals surface area contributed by atoms with Crippen LogP contribution in [0, 0.1) is 10.1 Å². The van der Waals surface area contributed by atoms with Gasteiger partial charge in [-0.1, -0.05) is 30.5 Å². The van der Waals surface area contributed by atoms with Crippen molar-refractivity contribution in [3.63, 3.8) is 0 Å². The van der Waals surface area contributed by atoms with Gasteiger partial charge in [0.1, 0.15) is 5.56 Å². The molecule has 1 aromatic carbocycles. The molecule has 1 saturated carbocycles. The van der Waals surface area contributed by atoms with Gasteiger partial charge in [0, 0.05) is 6.07 Å². The molecule has 2 N–H and O–H groups in total. The molecule has 0 heterocycles. The van der Waals surface area contributed by atoms with Crippen molar-refractivity contribution in [1.82, 2.24) is 5.32 Å². The summed E-state index contributed by atoms with van der Waals surface area (Å²) >= 11 is 5.89. The smallest absolute Gasteiger partial charge is 0.283 e. The van der Waals surface area contributed by atoms with Gasteiger partial charge in [-0.25, -0.2) is 0 Å². The van der Waals surface area contributed by atoms with Crippen molar-refractivity contribution in [3.05, 3.63) is 38.9 Å². The fraction of sp³-hybridized carbons (Fsp3) is 0.462. The van der Waals surface area contributed by atoms with E-state index in [-0.39, 0.29) is 22.3 Å². The van der Waals surface area contributed by atoms with Crippen molar-refractivity contribution in [2.75, 3.05) is 0 Å². The second kappa shape index (κ2) is 6.19. The zero-order chi connectivity index (χ0) is 14.7. The van der Waals surface area contributed by atoms with E-state index < -0.39 is 16.9 Å². The third-order valence-electron chi connectivity index (χ3n) is 3.46. The number of aliphatic hydroxyl groups excluding tert-OH is 1. The number of nitrogens with zero attached hydrogens (tertiary/aromatic N) is 1. The summed E-state index contributed by atoms with van der Waals surface area (Å²) in [7, 11) is 0. The van der Waals surface area contributed by atoms with E-state index in [0.29, 0.717) is 12.8 Å². The van der Waals surface area contributed by atoms with Gasteiger partial charge in [-0.05, 0) is 18.9 Å². The third-order valence-corrected chi connectivity index (χ3v) is 3.78. The fourth-order valence-electron chi connectivity index (χ4n) is 2.41. The lowest BCUT2D eigenvalue weighted by molar-refractivity contribution is -0.385. The minimum atomic E-state index is -0.641. The van der Waals surface area contributed by atoms with E-state index in [9.17, 15) is 20.0 Å². The lowest BCUT2D eigenvalue weighted by atomic mass is 9.92. The van der Waals surface area contributed by atoms with Gasteiger partial charge in [0.25, 0.3) is 11.6 Å². The number of hydrogen-bond acceptors (Lipinski definition) is 4. The number of nitro groups is 1. The van der Waals surface area contributed by atoms with Crippen LogP contribution in [0.15, 0.2) is 18.2 Å². The molecule has 1 aliphatic carbocycles. The average Bonchev–Trinajstić information content (AvgIpc) is 2.40. The predicted molar refractivity (Wildman–Crippen MR) is 73.8 cm³/mol. The number of nitro benzene ring substituents is 1. The van der Waals surface area contributed by atoms with E-state index in [1.165, 1.54) is 18.2 Å². The highest BCUT2D eigenvalue weighted by Gasteiger charge is 2.29. The van der Waals surface area contributed by atoms with Crippen LogP contribution < -0.4 is 5.32 Å². The van der Waals surface area contributed by atoms with Crippen LogP contribution >= 0.6 is 11.6 Å². The number of benzene rings is 1. The summed E-state index contributed by atoms with van der Waals surface area (Å²) in [5.41, 5.74) is -0.489. The molecule has 6 nitrogen and oxygen atoms in total. The number of hydrogen-bond donors (Lipinski definition) is 2. The standard InChI is InChI=1S/C13H15ClN2O4/c14-8-4-3-6-10(16(19)20)12(8)13(18)15-9-5-1-2-7-11(9)17/h3-4,6,9,11,17H,1-2,5,7H2,(H,15,18)/t9-,11-/m0/s1. The van der Waals surface area contributed by atoms with Gasteiger partial charge in [0.15, 0.2) is 0 Å². The first-order chi connectivity index (χ1) is 9.50. The van der Waals surface area contributed by atoms with Gasteiger partial charge >= 0.3 is 0 Å². The molecule has 20 heavy (non-hydrogen) atoms. The zero-order valence-electron chi connectivity index (χ0n) is 10.7. The van der Waals surface area contributed by atoms with Crippen molar-refractivity contribution in [2.24, 2.45) is 0 Å². The molecule has 1 amide bonds. The first-order valence-corrected chi connectivity index (χ1v) is 6.80. The lowest BCUT2D eigenvalue weighted by Gasteiger charge is -2.28. The first-order valence-electron chi connectivity index (χ1n) is 6.42. The van der Waals surface area contributed by atoms with Crippen LogP contribution in [0.3, 0.4) is 0 Å². The molecule has 1 fully saturated rings. The van der Waals surface area contributed by atoms with Crippen molar-refractivity contribution in [1.29, 1.82) is 0 Å². The maximum absolute atomic E-state index is 12.2. The summed E-state index contributed by atoms with van der Waals surface area (Å²) in [5, 5.41) is 23.5. The highest BCUT2D eigenvalue weighted by molar-refractivity contribution is 6.34. The summed E-state index contributed by atoms with van der Waals surface area (Å²) in [4.78, 5) is 22.5. The predicted octanol–water partition coefficient (Wildman–Crippen LogP) is 2.28. The van der Waals surface area contributed by atoms with Crippen molar-refractivity contribution < 1.29 is 14.8 Å². The van der Waals surface area contributed by atoms with Crippen LogP contribution in [0.2, 0.25) is 5.02 Å². The van der Waals surface area contributed by atoms with Gasteiger partial charge < -0.3 is 10.4 Å². The maximum Gasteiger partial charge on any atom is 0.283 e. The van der Waals surface area contributed by atoms with Crippen LogP contribution in [0.1, 0.15) is 36.0 Å². The van der Waals surface area contributed by atoms with Gasteiger partial charge in [-0.15, -0.1) is 0 Å². The normalized spacial score (nSPS) is 22.3. The van der Waals surface area contributed by atoms with Gasteiger partial charge in [-0.2, -0.15) is 0 Å². The molecule has 0 aromatic heterocycles. The van der Waals surface area contributed by atoms with Crippen molar-refractivity contribution >= 4 is 23.2 Å². The van der Waals surface area contributed by atoms with E-state index in [0.717, 1.165) is 12.8 Å². The Kier molecular flexibility index (Phi) is 4.57. The van der Waals surface area contributed by atoms with E-state index in [2.05, 4.69) is 5.32 Å². The number of aliphatic hydroxyl groups is 1. The van der Waals surface area contributed by atoms with Crippen LogP contribution in [0.4, 0.5) is 5.69 Å². The molecule has 0 bridgehead atoms. The SMILES string of the molecule is O=C(N[C@H]1CCCC[C@@H]1O)c1c(Cl)cccc1[N+](=O)[O-]. The molecule has 7 heteroatoms. The molecule has 2 rings (SSSR count). The van der Waals surface area contributed by atoms with Crippen LogP contribution in [0.5, 0.6) is 0 Å². The Labute approximate surface area is 120 Å². The average molecular weight is 299 g/mol. The molecule has 1 aromatic rings. The summed E-state index contributed by atoms with van der Waals surface area (Å²) in [6.45, 7) is 0. The number of rotatable bonds is 3. The van der Waals surface area contributed by atoms with Gasteiger partial charge in [-0.3, -0.25) is 14.9 Å². The van der Waals surface area contributed by atoms with Crippen molar-refractivity contribution in [2.45, 2.75) is 37.8 Å². The van der Waals surface area contributed by atoms with Gasteiger partial charge in [0.05, 0.1) is 22.1 Å². The van der Waals surface area contributed by atoms with E-state index in [1.54, 1.807) is 0 Å². The zero-order valence-corrected chi connectivity index (χ0v) is 11.5.